The third-order valence-electron chi connectivity index (χ3n) is 1.86. The van der Waals surface area contributed by atoms with Crippen LogP contribution >= 0.6 is 0 Å². The van der Waals surface area contributed by atoms with E-state index in [1.54, 1.807) is 13.0 Å². The Morgan fingerprint density at radius 2 is 1.92 bits per heavy atom. The molecule has 66 valence electrons. The second-order valence-electron chi connectivity index (χ2n) is 2.95. The highest BCUT2D eigenvalue weighted by atomic mass is 19.1. The second kappa shape index (κ2) is 2.76. The Hall–Kier alpha value is -1.51. The molecule has 0 atom stereocenters. The average molecular weight is 179 g/mol. The van der Waals surface area contributed by atoms with E-state index in [9.17, 15) is 8.78 Å². The first-order chi connectivity index (χ1) is 6.16. The highest BCUT2D eigenvalue weighted by Gasteiger charge is 2.03. The van der Waals surface area contributed by atoms with Gasteiger partial charge in [0.2, 0.25) is 5.95 Å². The molecule has 0 radical (unpaired) electrons. The van der Waals surface area contributed by atoms with E-state index in [0.29, 0.717) is 5.39 Å². The van der Waals surface area contributed by atoms with Gasteiger partial charge in [0.25, 0.3) is 0 Å². The fourth-order valence-electron chi connectivity index (χ4n) is 1.31. The van der Waals surface area contributed by atoms with Crippen molar-refractivity contribution >= 4 is 10.9 Å². The monoisotopic (exact) mass is 179 g/mol. The minimum atomic E-state index is -0.657. The molecule has 0 spiro atoms. The minimum Gasteiger partial charge on any atom is -0.217 e. The Bertz CT molecular complexity index is 466. The molecule has 0 aliphatic rings. The fraction of sp³-hybridized carbons (Fsp3) is 0.100. The maximum absolute atomic E-state index is 13.2. The molecule has 0 N–H and O–H groups in total. The third kappa shape index (κ3) is 1.37. The molecular formula is C10H7F2N. The molecule has 1 heterocycles. The van der Waals surface area contributed by atoms with Crippen LogP contribution in [0.5, 0.6) is 0 Å². The predicted molar refractivity (Wildman–Crippen MR) is 46.4 cm³/mol. The van der Waals surface area contributed by atoms with Crippen molar-refractivity contribution in [1.29, 1.82) is 0 Å². The largest absolute Gasteiger partial charge is 0.217 e. The summed E-state index contributed by atoms with van der Waals surface area (Å²) >= 11 is 0. The number of pyridine rings is 1. The van der Waals surface area contributed by atoms with Gasteiger partial charge in [-0.3, -0.25) is 0 Å². The van der Waals surface area contributed by atoms with Crippen molar-refractivity contribution in [2.45, 2.75) is 6.92 Å². The van der Waals surface area contributed by atoms with Crippen molar-refractivity contribution in [3.63, 3.8) is 0 Å². The zero-order valence-corrected chi connectivity index (χ0v) is 7.01. The zero-order valence-electron chi connectivity index (χ0n) is 7.01. The number of benzene rings is 1. The molecule has 0 aliphatic carbocycles. The van der Waals surface area contributed by atoms with Gasteiger partial charge in [-0.05, 0) is 36.8 Å². The van der Waals surface area contributed by atoms with Gasteiger partial charge in [0.05, 0.1) is 0 Å². The van der Waals surface area contributed by atoms with Gasteiger partial charge in [0, 0.05) is 5.39 Å². The molecule has 0 aliphatic heterocycles. The van der Waals surface area contributed by atoms with E-state index in [-0.39, 0.29) is 5.52 Å². The molecule has 1 nitrogen and oxygen atoms in total. The van der Waals surface area contributed by atoms with Crippen molar-refractivity contribution in [2.24, 2.45) is 0 Å². The van der Waals surface area contributed by atoms with Crippen LogP contribution in [0.4, 0.5) is 8.78 Å². The van der Waals surface area contributed by atoms with Crippen LogP contribution in [0.1, 0.15) is 5.56 Å². The molecule has 0 bridgehead atoms. The Morgan fingerprint density at radius 3 is 2.69 bits per heavy atom. The van der Waals surface area contributed by atoms with Crippen LogP contribution in [0.25, 0.3) is 10.9 Å². The molecule has 1 aromatic heterocycles. The maximum atomic E-state index is 13.2. The second-order valence-corrected chi connectivity index (χ2v) is 2.95. The molecule has 0 saturated carbocycles. The van der Waals surface area contributed by atoms with Crippen LogP contribution in [0.3, 0.4) is 0 Å². The van der Waals surface area contributed by atoms with Gasteiger partial charge in [-0.1, -0.05) is 0 Å². The van der Waals surface area contributed by atoms with E-state index in [1.807, 2.05) is 0 Å². The first-order valence-corrected chi connectivity index (χ1v) is 3.89. The van der Waals surface area contributed by atoms with Crippen LogP contribution in [0, 0.1) is 18.7 Å². The maximum Gasteiger partial charge on any atom is 0.213 e. The van der Waals surface area contributed by atoms with E-state index >= 15 is 0 Å². The molecule has 0 unspecified atom stereocenters. The average Bonchev–Trinajstić information content (AvgIpc) is 2.06. The smallest absolute Gasteiger partial charge is 0.213 e. The normalized spacial score (nSPS) is 10.7. The lowest BCUT2D eigenvalue weighted by molar-refractivity contribution is 0.581. The summed E-state index contributed by atoms with van der Waals surface area (Å²) in [4.78, 5) is 3.47. The Kier molecular flexibility index (Phi) is 1.72. The molecule has 0 amide bonds. The van der Waals surface area contributed by atoms with E-state index in [4.69, 9.17) is 0 Å². The number of aromatic nitrogens is 1. The van der Waals surface area contributed by atoms with Crippen molar-refractivity contribution in [3.05, 3.63) is 41.6 Å². The van der Waals surface area contributed by atoms with Gasteiger partial charge in [-0.25, -0.2) is 9.37 Å². The molecule has 0 saturated heterocycles. The minimum absolute atomic E-state index is 0.0885. The summed E-state index contributed by atoms with van der Waals surface area (Å²) in [5, 5.41) is 0.624. The summed E-state index contributed by atoms with van der Waals surface area (Å²) in [5.74, 6) is -1.13. The van der Waals surface area contributed by atoms with Crippen molar-refractivity contribution in [3.8, 4) is 0 Å². The SMILES string of the molecule is Cc1cc(F)c2nc(F)ccc2c1. The summed E-state index contributed by atoms with van der Waals surface area (Å²) in [6, 6.07) is 5.86. The first-order valence-electron chi connectivity index (χ1n) is 3.89. The van der Waals surface area contributed by atoms with Crippen LogP contribution in [0.15, 0.2) is 24.3 Å². The van der Waals surface area contributed by atoms with Gasteiger partial charge in [0.1, 0.15) is 11.3 Å². The number of rotatable bonds is 0. The quantitative estimate of drug-likeness (QED) is 0.566. The zero-order chi connectivity index (χ0) is 9.42. The summed E-state index contributed by atoms with van der Waals surface area (Å²) in [6.45, 7) is 1.78. The highest BCUT2D eigenvalue weighted by Crippen LogP contribution is 2.17. The molecule has 2 aromatic rings. The summed E-state index contributed by atoms with van der Waals surface area (Å²) < 4.78 is 25.8. The number of nitrogens with zero attached hydrogens (tertiary/aromatic N) is 1. The predicted octanol–water partition coefficient (Wildman–Crippen LogP) is 2.82. The summed E-state index contributed by atoms with van der Waals surface area (Å²) in [7, 11) is 0. The topological polar surface area (TPSA) is 12.9 Å². The van der Waals surface area contributed by atoms with Gasteiger partial charge in [-0.15, -0.1) is 0 Å². The lowest BCUT2D eigenvalue weighted by Gasteiger charge is -2.00. The Balaban J connectivity index is 2.87. The van der Waals surface area contributed by atoms with Crippen LogP contribution in [-0.2, 0) is 0 Å². The van der Waals surface area contributed by atoms with Gasteiger partial charge in [0.15, 0.2) is 0 Å². The van der Waals surface area contributed by atoms with Gasteiger partial charge in [-0.2, -0.15) is 4.39 Å². The van der Waals surface area contributed by atoms with E-state index < -0.39 is 11.8 Å². The number of fused-ring (bicyclic) bond motifs is 1. The van der Waals surface area contributed by atoms with E-state index in [1.165, 1.54) is 18.2 Å². The molecule has 2 rings (SSSR count). The number of aryl methyl sites for hydroxylation is 1. The third-order valence-corrected chi connectivity index (χ3v) is 1.86. The first kappa shape index (κ1) is 8.10. The number of hydrogen-bond donors (Lipinski definition) is 0. The highest BCUT2D eigenvalue weighted by molar-refractivity contribution is 5.79. The molecule has 13 heavy (non-hydrogen) atoms. The molecular weight excluding hydrogens is 172 g/mol. The van der Waals surface area contributed by atoms with Crippen LogP contribution in [-0.4, -0.2) is 4.98 Å². The van der Waals surface area contributed by atoms with Gasteiger partial charge < -0.3 is 0 Å². The Morgan fingerprint density at radius 1 is 1.15 bits per heavy atom. The number of hydrogen-bond acceptors (Lipinski definition) is 1. The lowest BCUT2D eigenvalue weighted by atomic mass is 10.1. The molecule has 0 fully saturated rings. The number of halogens is 2. The van der Waals surface area contributed by atoms with E-state index in [0.717, 1.165) is 5.56 Å². The van der Waals surface area contributed by atoms with Crippen molar-refractivity contribution in [2.75, 3.05) is 0 Å². The summed E-state index contributed by atoms with van der Waals surface area (Å²) in [6.07, 6.45) is 0. The van der Waals surface area contributed by atoms with Crippen molar-refractivity contribution in [1.82, 2.24) is 4.98 Å². The van der Waals surface area contributed by atoms with Crippen LogP contribution < -0.4 is 0 Å². The molecule has 3 heteroatoms. The fourth-order valence-corrected chi connectivity index (χ4v) is 1.31. The summed E-state index contributed by atoms with van der Waals surface area (Å²) in [5.41, 5.74) is 0.893. The molecule has 1 aromatic carbocycles. The van der Waals surface area contributed by atoms with Crippen LogP contribution in [0.2, 0.25) is 0 Å². The van der Waals surface area contributed by atoms with Crippen molar-refractivity contribution < 1.29 is 8.78 Å². The Labute approximate surface area is 74.0 Å². The van der Waals surface area contributed by atoms with E-state index in [2.05, 4.69) is 4.98 Å². The standard InChI is InChI=1S/C10H7F2N/c1-6-4-7-2-3-9(12)13-10(7)8(11)5-6/h2-5H,1H3. The lowest BCUT2D eigenvalue weighted by Crippen LogP contribution is -1.89. The van der Waals surface area contributed by atoms with Gasteiger partial charge >= 0.3 is 0 Å².